The Morgan fingerprint density at radius 2 is 1.22 bits per heavy atom. The number of aliphatic hydroxyl groups excluding tert-OH is 2. The maximum atomic E-state index is 13.8. The SMILES string of the molecule is C[C@@]1(OCc2ccccc2)[C@@H](CCP(=O)(OCc2ccccc2)OCc2ccccc2)OC(O)[C@@H]1O. The van der Waals surface area contributed by atoms with Crippen molar-refractivity contribution in [2.24, 2.45) is 0 Å². The molecule has 8 heteroatoms. The smallest absolute Gasteiger partial charge is 0.331 e. The summed E-state index contributed by atoms with van der Waals surface area (Å²) < 4.78 is 37.3. The number of aliphatic hydroxyl groups is 2. The van der Waals surface area contributed by atoms with Gasteiger partial charge in [-0.3, -0.25) is 4.57 Å². The number of hydrogen-bond donors (Lipinski definition) is 2. The van der Waals surface area contributed by atoms with Crippen LogP contribution in [0, 0.1) is 0 Å². The molecule has 0 bridgehead atoms. The van der Waals surface area contributed by atoms with E-state index in [1.54, 1.807) is 6.92 Å². The molecule has 192 valence electrons. The van der Waals surface area contributed by atoms with Crippen LogP contribution in [0.2, 0.25) is 0 Å². The zero-order chi connectivity index (χ0) is 25.4. The van der Waals surface area contributed by atoms with Crippen molar-refractivity contribution in [3.63, 3.8) is 0 Å². The van der Waals surface area contributed by atoms with Gasteiger partial charge >= 0.3 is 7.60 Å². The Kier molecular flexibility index (Phi) is 9.09. The van der Waals surface area contributed by atoms with Gasteiger partial charge in [0.1, 0.15) is 11.7 Å². The van der Waals surface area contributed by atoms with E-state index in [-0.39, 0.29) is 32.4 Å². The van der Waals surface area contributed by atoms with Gasteiger partial charge in [-0.1, -0.05) is 91.0 Å². The summed E-state index contributed by atoms with van der Waals surface area (Å²) in [5.74, 6) is 0. The first-order valence-electron chi connectivity index (χ1n) is 12.0. The van der Waals surface area contributed by atoms with Crippen LogP contribution in [-0.4, -0.2) is 40.5 Å². The lowest BCUT2D eigenvalue weighted by Gasteiger charge is -2.33. The molecule has 3 aromatic rings. The molecule has 0 aliphatic carbocycles. The summed E-state index contributed by atoms with van der Waals surface area (Å²) in [6.45, 7) is 2.19. The van der Waals surface area contributed by atoms with Crippen LogP contribution in [-0.2, 0) is 42.9 Å². The molecule has 1 fully saturated rings. The molecular weight excluding hydrogens is 479 g/mol. The third-order valence-electron chi connectivity index (χ3n) is 6.40. The fraction of sp³-hybridized carbons (Fsp3) is 0.357. The summed E-state index contributed by atoms with van der Waals surface area (Å²) in [6.07, 6.45) is -3.17. The average molecular weight is 513 g/mol. The highest BCUT2D eigenvalue weighted by Crippen LogP contribution is 2.52. The molecule has 4 rings (SSSR count). The quantitative estimate of drug-likeness (QED) is 0.328. The maximum Gasteiger partial charge on any atom is 0.331 e. The van der Waals surface area contributed by atoms with Crippen LogP contribution >= 0.6 is 7.60 Å². The predicted molar refractivity (Wildman–Crippen MR) is 136 cm³/mol. The lowest BCUT2D eigenvalue weighted by Crippen LogP contribution is -2.48. The molecular formula is C28H33O7P. The van der Waals surface area contributed by atoms with Gasteiger partial charge in [0.15, 0.2) is 6.29 Å². The van der Waals surface area contributed by atoms with E-state index in [2.05, 4.69) is 0 Å². The predicted octanol–water partition coefficient (Wildman–Crippen LogP) is 5.06. The molecule has 0 radical (unpaired) electrons. The molecule has 1 unspecified atom stereocenters. The summed E-state index contributed by atoms with van der Waals surface area (Å²) in [5.41, 5.74) is 1.47. The fourth-order valence-corrected chi connectivity index (χ4v) is 5.71. The van der Waals surface area contributed by atoms with Gasteiger partial charge in [0.2, 0.25) is 0 Å². The molecule has 0 spiro atoms. The summed E-state index contributed by atoms with van der Waals surface area (Å²) >= 11 is 0. The van der Waals surface area contributed by atoms with E-state index in [9.17, 15) is 14.8 Å². The van der Waals surface area contributed by atoms with Crippen molar-refractivity contribution >= 4 is 7.60 Å². The molecule has 0 aromatic heterocycles. The molecule has 0 amide bonds. The van der Waals surface area contributed by atoms with Crippen molar-refractivity contribution in [1.29, 1.82) is 0 Å². The molecule has 1 saturated heterocycles. The highest BCUT2D eigenvalue weighted by molar-refractivity contribution is 7.53. The van der Waals surface area contributed by atoms with E-state index in [1.165, 1.54) is 0 Å². The Morgan fingerprint density at radius 1 is 0.778 bits per heavy atom. The van der Waals surface area contributed by atoms with Gasteiger partial charge < -0.3 is 28.7 Å². The number of rotatable bonds is 12. The van der Waals surface area contributed by atoms with Crippen LogP contribution in [0.4, 0.5) is 0 Å². The Bertz CT molecular complexity index is 1070. The third kappa shape index (κ3) is 6.90. The second-order valence-corrected chi connectivity index (χ2v) is 11.2. The summed E-state index contributed by atoms with van der Waals surface area (Å²) in [5, 5.41) is 20.9. The van der Waals surface area contributed by atoms with Gasteiger partial charge in [0, 0.05) is 0 Å². The number of hydrogen-bond acceptors (Lipinski definition) is 7. The van der Waals surface area contributed by atoms with Crippen LogP contribution < -0.4 is 0 Å². The van der Waals surface area contributed by atoms with Crippen molar-refractivity contribution in [2.45, 2.75) is 57.3 Å². The summed E-state index contributed by atoms with van der Waals surface area (Å²) in [6, 6.07) is 28.5. The normalized spacial score (nSPS) is 24.1. The first-order valence-corrected chi connectivity index (χ1v) is 13.8. The maximum absolute atomic E-state index is 13.8. The standard InChI is InChI=1S/C28H33O7P/c1-28(32-19-22-11-5-2-6-12-22)25(35-27(30)26(28)29)17-18-36(31,33-20-23-13-7-3-8-14-23)34-21-24-15-9-4-10-16-24/h2-16,25-27,29-30H,17-21H2,1H3/t25-,26+,27?,28-/m1/s1. The minimum absolute atomic E-state index is 0.0288. The molecule has 3 aromatic carbocycles. The topological polar surface area (TPSA) is 94.5 Å². The Balaban J connectivity index is 1.45. The first-order chi connectivity index (χ1) is 17.4. The van der Waals surface area contributed by atoms with Gasteiger partial charge in [-0.25, -0.2) is 0 Å². The number of ether oxygens (including phenoxy) is 2. The Hall–Kier alpha value is -2.35. The van der Waals surface area contributed by atoms with Crippen LogP contribution in [0.15, 0.2) is 91.0 Å². The van der Waals surface area contributed by atoms with Crippen molar-refractivity contribution in [3.05, 3.63) is 108 Å². The zero-order valence-electron chi connectivity index (χ0n) is 20.3. The van der Waals surface area contributed by atoms with Crippen molar-refractivity contribution in [2.75, 3.05) is 6.16 Å². The zero-order valence-corrected chi connectivity index (χ0v) is 21.2. The van der Waals surface area contributed by atoms with Gasteiger partial charge in [-0.05, 0) is 30.0 Å². The van der Waals surface area contributed by atoms with Gasteiger partial charge in [-0.15, -0.1) is 0 Å². The van der Waals surface area contributed by atoms with E-state index >= 15 is 0 Å². The highest BCUT2D eigenvalue weighted by atomic mass is 31.2. The van der Waals surface area contributed by atoms with Crippen molar-refractivity contribution in [3.8, 4) is 0 Å². The average Bonchev–Trinajstić information content (AvgIpc) is 3.14. The molecule has 36 heavy (non-hydrogen) atoms. The largest absolute Gasteiger partial charge is 0.385 e. The molecule has 2 N–H and O–H groups in total. The Morgan fingerprint density at radius 3 is 1.69 bits per heavy atom. The Labute approximate surface area is 212 Å². The molecule has 1 aliphatic rings. The van der Waals surface area contributed by atoms with Crippen LogP contribution in [0.1, 0.15) is 30.0 Å². The van der Waals surface area contributed by atoms with E-state index < -0.39 is 31.7 Å². The number of benzene rings is 3. The second kappa shape index (κ2) is 12.3. The molecule has 7 nitrogen and oxygen atoms in total. The minimum atomic E-state index is -3.57. The fourth-order valence-electron chi connectivity index (χ4n) is 4.13. The second-order valence-electron chi connectivity index (χ2n) is 9.06. The first kappa shape index (κ1) is 26.7. The molecule has 1 aliphatic heterocycles. The van der Waals surface area contributed by atoms with E-state index in [4.69, 9.17) is 18.5 Å². The van der Waals surface area contributed by atoms with Crippen molar-refractivity contribution in [1.82, 2.24) is 0 Å². The van der Waals surface area contributed by atoms with E-state index in [0.29, 0.717) is 0 Å². The minimum Gasteiger partial charge on any atom is -0.385 e. The highest BCUT2D eigenvalue weighted by Gasteiger charge is 2.54. The summed E-state index contributed by atoms with van der Waals surface area (Å²) in [7, 11) is -3.57. The van der Waals surface area contributed by atoms with Crippen molar-refractivity contribution < 1.29 is 33.3 Å². The van der Waals surface area contributed by atoms with Crippen LogP contribution in [0.5, 0.6) is 0 Å². The monoisotopic (exact) mass is 512 g/mol. The third-order valence-corrected chi connectivity index (χ3v) is 8.25. The molecule has 1 heterocycles. The van der Waals surface area contributed by atoms with Gasteiger partial charge in [0.05, 0.1) is 32.1 Å². The van der Waals surface area contributed by atoms with Crippen LogP contribution in [0.3, 0.4) is 0 Å². The molecule has 4 atom stereocenters. The van der Waals surface area contributed by atoms with E-state index in [1.807, 2.05) is 91.0 Å². The lowest BCUT2D eigenvalue weighted by atomic mass is 9.93. The summed E-state index contributed by atoms with van der Waals surface area (Å²) in [4.78, 5) is 0. The van der Waals surface area contributed by atoms with Crippen LogP contribution in [0.25, 0.3) is 0 Å². The van der Waals surface area contributed by atoms with Gasteiger partial charge in [0.25, 0.3) is 0 Å². The lowest BCUT2D eigenvalue weighted by molar-refractivity contribution is -0.133. The molecule has 0 saturated carbocycles. The van der Waals surface area contributed by atoms with E-state index in [0.717, 1.165) is 16.7 Å². The van der Waals surface area contributed by atoms with Gasteiger partial charge in [-0.2, -0.15) is 0 Å².